The van der Waals surface area contributed by atoms with Crippen molar-refractivity contribution in [3.63, 3.8) is 0 Å². The first kappa shape index (κ1) is 32.3. The molecule has 11 rings (SSSR count). The number of benzene rings is 7. The number of para-hydroxylation sites is 3. The summed E-state index contributed by atoms with van der Waals surface area (Å²) >= 11 is 0. The molecule has 3 heterocycles. The minimum atomic E-state index is -0.147. The molecule has 1 N–H and O–H groups in total. The molecule has 2 aliphatic rings. The van der Waals surface area contributed by atoms with Crippen molar-refractivity contribution < 1.29 is 0 Å². The van der Waals surface area contributed by atoms with E-state index in [2.05, 4.69) is 209 Å². The maximum absolute atomic E-state index is 5.37. The lowest BCUT2D eigenvalue weighted by Gasteiger charge is -2.28. The Morgan fingerprint density at radius 1 is 0.464 bits per heavy atom. The SMILES string of the molecule is C1=C(c2ccccc2)CCC(C2N=C(c3ccc(-n4c5ccccc5c5ccc6c(c7ccccc7n6-c6ccccc6)c54)cc3)C=C(c3ccccc3)N2)=C1. The van der Waals surface area contributed by atoms with E-state index < -0.39 is 0 Å². The molecule has 0 amide bonds. The molecule has 0 radical (unpaired) electrons. The Bertz CT molecular complexity index is 3070. The van der Waals surface area contributed by atoms with E-state index in [4.69, 9.17) is 4.99 Å². The third-order valence-electron chi connectivity index (χ3n) is 11.5. The highest BCUT2D eigenvalue weighted by atomic mass is 15.1. The van der Waals surface area contributed by atoms with E-state index >= 15 is 0 Å². The van der Waals surface area contributed by atoms with E-state index in [1.54, 1.807) is 0 Å². The maximum atomic E-state index is 5.37. The van der Waals surface area contributed by atoms with Crippen LogP contribution in [0.4, 0.5) is 0 Å². The summed E-state index contributed by atoms with van der Waals surface area (Å²) in [6.07, 6.45) is 8.57. The van der Waals surface area contributed by atoms with Gasteiger partial charge in [0.25, 0.3) is 0 Å². The highest BCUT2D eigenvalue weighted by molar-refractivity contribution is 6.26. The molecule has 0 saturated heterocycles. The average molecular weight is 719 g/mol. The molecule has 0 fully saturated rings. The van der Waals surface area contributed by atoms with Crippen LogP contribution in [0, 0.1) is 0 Å². The van der Waals surface area contributed by atoms with E-state index in [0.717, 1.165) is 46.8 Å². The van der Waals surface area contributed by atoms with Crippen LogP contribution in [-0.4, -0.2) is 21.0 Å². The first-order chi connectivity index (χ1) is 27.8. The lowest BCUT2D eigenvalue weighted by atomic mass is 9.91. The van der Waals surface area contributed by atoms with Crippen LogP contribution in [0.3, 0.4) is 0 Å². The van der Waals surface area contributed by atoms with Gasteiger partial charge in [-0.1, -0.05) is 146 Å². The number of allylic oxidation sites excluding steroid dienone is 4. The lowest BCUT2D eigenvalue weighted by Crippen LogP contribution is -2.33. The summed E-state index contributed by atoms with van der Waals surface area (Å²) < 4.78 is 4.86. The molecule has 7 aromatic carbocycles. The summed E-state index contributed by atoms with van der Waals surface area (Å²) in [5.41, 5.74) is 15.4. The maximum Gasteiger partial charge on any atom is 0.141 e. The minimum Gasteiger partial charge on any atom is -0.360 e. The first-order valence-corrected chi connectivity index (χ1v) is 19.5. The van der Waals surface area contributed by atoms with Gasteiger partial charge in [-0.25, -0.2) is 0 Å². The van der Waals surface area contributed by atoms with Crippen molar-refractivity contribution in [1.29, 1.82) is 0 Å². The van der Waals surface area contributed by atoms with Gasteiger partial charge in [-0.15, -0.1) is 0 Å². The number of hydrogen-bond acceptors (Lipinski definition) is 2. The number of aliphatic imine (C=N–C) groups is 1. The fourth-order valence-electron chi connectivity index (χ4n) is 8.84. The van der Waals surface area contributed by atoms with Gasteiger partial charge in [0.15, 0.2) is 0 Å². The topological polar surface area (TPSA) is 34.2 Å². The first-order valence-electron chi connectivity index (χ1n) is 19.5. The Morgan fingerprint density at radius 3 is 1.80 bits per heavy atom. The zero-order valence-electron chi connectivity index (χ0n) is 30.8. The summed E-state index contributed by atoms with van der Waals surface area (Å²) in [6.45, 7) is 0. The van der Waals surface area contributed by atoms with Crippen LogP contribution in [0.5, 0.6) is 0 Å². The lowest BCUT2D eigenvalue weighted by molar-refractivity contribution is 0.671. The van der Waals surface area contributed by atoms with Crippen LogP contribution >= 0.6 is 0 Å². The average Bonchev–Trinajstić information content (AvgIpc) is 3.80. The van der Waals surface area contributed by atoms with Crippen molar-refractivity contribution in [2.24, 2.45) is 4.99 Å². The van der Waals surface area contributed by atoms with E-state index in [9.17, 15) is 0 Å². The summed E-state index contributed by atoms with van der Waals surface area (Å²) in [5, 5.41) is 8.78. The largest absolute Gasteiger partial charge is 0.360 e. The highest BCUT2D eigenvalue weighted by Crippen LogP contribution is 2.42. The summed E-state index contributed by atoms with van der Waals surface area (Å²) in [4.78, 5) is 5.37. The predicted octanol–water partition coefficient (Wildman–Crippen LogP) is 12.4. The molecule has 1 unspecified atom stereocenters. The molecule has 4 heteroatoms. The van der Waals surface area contributed by atoms with Gasteiger partial charge in [0.05, 0.1) is 27.8 Å². The molecule has 2 aromatic heterocycles. The van der Waals surface area contributed by atoms with Crippen LogP contribution in [0.2, 0.25) is 0 Å². The van der Waals surface area contributed by atoms with Crippen molar-refractivity contribution in [2.45, 2.75) is 19.0 Å². The van der Waals surface area contributed by atoms with E-state index in [1.807, 2.05) is 0 Å². The third kappa shape index (κ3) is 5.33. The predicted molar refractivity (Wildman–Crippen MR) is 235 cm³/mol. The molecule has 1 atom stereocenters. The van der Waals surface area contributed by atoms with Crippen LogP contribution in [-0.2, 0) is 0 Å². The molecule has 56 heavy (non-hydrogen) atoms. The molecule has 9 aromatic rings. The van der Waals surface area contributed by atoms with E-state index in [1.165, 1.54) is 60.3 Å². The Labute approximate surface area is 325 Å². The quantitative estimate of drug-likeness (QED) is 0.182. The second-order valence-electron chi connectivity index (χ2n) is 14.7. The van der Waals surface area contributed by atoms with Gasteiger partial charge >= 0.3 is 0 Å². The molecule has 0 bridgehead atoms. The van der Waals surface area contributed by atoms with Crippen LogP contribution in [0.1, 0.15) is 29.5 Å². The smallest absolute Gasteiger partial charge is 0.141 e. The number of fused-ring (bicyclic) bond motifs is 7. The van der Waals surface area contributed by atoms with Gasteiger partial charge < -0.3 is 14.5 Å². The highest BCUT2D eigenvalue weighted by Gasteiger charge is 2.24. The molecule has 266 valence electrons. The second kappa shape index (κ2) is 13.3. The van der Waals surface area contributed by atoms with Gasteiger partial charge in [-0.2, -0.15) is 0 Å². The van der Waals surface area contributed by atoms with Crippen molar-refractivity contribution in [1.82, 2.24) is 14.5 Å². The Hall–Kier alpha value is -7.17. The number of aromatic nitrogens is 2. The number of rotatable bonds is 6. The van der Waals surface area contributed by atoms with Crippen molar-refractivity contribution >= 4 is 60.6 Å². The van der Waals surface area contributed by atoms with Crippen LogP contribution in [0.25, 0.3) is 66.3 Å². The van der Waals surface area contributed by atoms with Crippen LogP contribution in [0.15, 0.2) is 205 Å². The number of nitrogens with zero attached hydrogens (tertiary/aromatic N) is 3. The standard InChI is InChI=1S/C52H38N4/c1-4-14-35(15-5-1)36-24-26-39(27-25-36)52-53-45(37-16-6-2-7-17-37)34-46(54-52)38-28-30-41(31-29-38)56-47-22-12-10-20-42(47)43-32-33-49-50(51(43)56)44-21-11-13-23-48(44)55(49)40-18-8-3-9-19-40/h1-24,26,28-34,52-53H,25,27H2. The number of hydrogen-bond donors (Lipinski definition) is 1. The van der Waals surface area contributed by atoms with Crippen molar-refractivity contribution in [2.75, 3.05) is 0 Å². The molecular weight excluding hydrogens is 681 g/mol. The van der Waals surface area contributed by atoms with E-state index in [-0.39, 0.29) is 6.17 Å². The molecule has 0 spiro atoms. The fourth-order valence-corrected chi connectivity index (χ4v) is 8.84. The fraction of sp³-hybridized carbons (Fsp3) is 0.0577. The molecular formula is C52H38N4. The van der Waals surface area contributed by atoms with Gasteiger partial charge in [0.1, 0.15) is 6.17 Å². The molecule has 1 aliphatic carbocycles. The van der Waals surface area contributed by atoms with Crippen molar-refractivity contribution in [3.8, 4) is 11.4 Å². The molecule has 4 nitrogen and oxygen atoms in total. The monoisotopic (exact) mass is 718 g/mol. The summed E-state index contributed by atoms with van der Waals surface area (Å²) in [7, 11) is 0. The van der Waals surface area contributed by atoms with Gasteiger partial charge in [-0.3, -0.25) is 4.99 Å². The normalized spacial score (nSPS) is 15.8. The van der Waals surface area contributed by atoms with E-state index in [0.29, 0.717) is 0 Å². The van der Waals surface area contributed by atoms with Gasteiger partial charge in [0, 0.05) is 38.6 Å². The Kier molecular flexibility index (Phi) is 7.66. The third-order valence-corrected chi connectivity index (χ3v) is 11.5. The zero-order chi connectivity index (χ0) is 37.0. The minimum absolute atomic E-state index is 0.147. The molecule has 1 aliphatic heterocycles. The number of nitrogens with one attached hydrogen (secondary N) is 1. The van der Waals surface area contributed by atoms with Crippen molar-refractivity contribution in [3.05, 3.63) is 216 Å². The van der Waals surface area contributed by atoms with Gasteiger partial charge in [0.2, 0.25) is 0 Å². The molecule has 0 saturated carbocycles. The van der Waals surface area contributed by atoms with Gasteiger partial charge in [-0.05, 0) is 89.2 Å². The Morgan fingerprint density at radius 2 is 1.09 bits per heavy atom. The Balaban J connectivity index is 1.05. The van der Waals surface area contributed by atoms with Crippen LogP contribution < -0.4 is 5.32 Å². The second-order valence-corrected chi connectivity index (χ2v) is 14.7. The summed E-state index contributed by atoms with van der Waals surface area (Å²) in [5.74, 6) is 0. The summed E-state index contributed by atoms with van der Waals surface area (Å²) in [6, 6.07) is 63.2. The zero-order valence-corrected chi connectivity index (χ0v) is 30.8.